The maximum absolute atomic E-state index is 13.8. The van der Waals surface area contributed by atoms with Gasteiger partial charge in [-0.25, -0.2) is 9.37 Å². The van der Waals surface area contributed by atoms with Crippen molar-refractivity contribution in [3.05, 3.63) is 66.5 Å². The van der Waals surface area contributed by atoms with E-state index in [4.69, 9.17) is 4.98 Å². The van der Waals surface area contributed by atoms with E-state index in [0.29, 0.717) is 6.04 Å². The van der Waals surface area contributed by atoms with Crippen molar-refractivity contribution in [2.24, 2.45) is 0 Å². The normalized spacial score (nSPS) is 15.9. The first-order valence-electron chi connectivity index (χ1n) is 14.6. The van der Waals surface area contributed by atoms with Crippen LogP contribution >= 0.6 is 11.3 Å². The predicted octanol–water partition coefficient (Wildman–Crippen LogP) is 6.65. The number of hydrogen-bond donors (Lipinski definition) is 1. The Morgan fingerprint density at radius 1 is 0.929 bits per heavy atom. The van der Waals surface area contributed by atoms with Crippen LogP contribution in [0.15, 0.2) is 60.7 Å². The molecule has 0 atom stereocenters. The molecular formula is C32H35FN8S. The molecule has 216 valence electrons. The van der Waals surface area contributed by atoms with E-state index in [-0.39, 0.29) is 5.82 Å². The van der Waals surface area contributed by atoms with Crippen LogP contribution in [0.3, 0.4) is 0 Å². The summed E-state index contributed by atoms with van der Waals surface area (Å²) >= 11 is 1.55. The highest BCUT2D eigenvalue weighted by atomic mass is 32.1. The summed E-state index contributed by atoms with van der Waals surface area (Å²) in [6.07, 6.45) is 2.26. The fourth-order valence-electron chi connectivity index (χ4n) is 5.71. The van der Waals surface area contributed by atoms with Crippen molar-refractivity contribution in [1.82, 2.24) is 24.6 Å². The lowest BCUT2D eigenvalue weighted by Crippen LogP contribution is -2.46. The van der Waals surface area contributed by atoms with Crippen LogP contribution in [-0.4, -0.2) is 71.5 Å². The van der Waals surface area contributed by atoms with Crippen LogP contribution in [0.1, 0.15) is 25.8 Å². The lowest BCUT2D eigenvalue weighted by atomic mass is 10.2. The van der Waals surface area contributed by atoms with Gasteiger partial charge in [-0.3, -0.25) is 0 Å². The standard InChI is InChI=1S/C32H35FN8S/c1-4-39-15-17-40(18-16-39)28-20-29-27(34-30(41(29)25-13-14-25)21-5-9-23(33)10-6-21)19-26(28)35-32-37-36-31(42-32)22-7-11-24(12-8-22)38(2)3/h5-12,19-20,25H,4,13-18H2,1-3H3,(H,35,37). The minimum atomic E-state index is -0.238. The summed E-state index contributed by atoms with van der Waals surface area (Å²) in [5, 5.41) is 14.2. The van der Waals surface area contributed by atoms with Gasteiger partial charge in [0.2, 0.25) is 5.13 Å². The number of nitrogens with one attached hydrogen (secondary N) is 1. The Morgan fingerprint density at radius 3 is 2.31 bits per heavy atom. The van der Waals surface area contributed by atoms with Gasteiger partial charge in [0.05, 0.1) is 22.4 Å². The van der Waals surface area contributed by atoms with E-state index in [1.165, 1.54) is 12.1 Å². The largest absolute Gasteiger partial charge is 0.378 e. The van der Waals surface area contributed by atoms with E-state index in [1.54, 1.807) is 11.3 Å². The summed E-state index contributed by atoms with van der Waals surface area (Å²) in [4.78, 5) is 12.1. The van der Waals surface area contributed by atoms with Crippen molar-refractivity contribution >= 4 is 44.6 Å². The number of rotatable bonds is 8. The number of likely N-dealkylation sites (N-methyl/N-ethyl adjacent to an activating group) is 1. The monoisotopic (exact) mass is 582 g/mol. The molecular weight excluding hydrogens is 547 g/mol. The molecule has 2 aliphatic rings. The number of nitrogens with zero attached hydrogens (tertiary/aromatic N) is 7. The highest BCUT2D eigenvalue weighted by Crippen LogP contribution is 2.44. The minimum Gasteiger partial charge on any atom is -0.378 e. The lowest BCUT2D eigenvalue weighted by Gasteiger charge is -2.36. The lowest BCUT2D eigenvalue weighted by molar-refractivity contribution is 0.271. The average molecular weight is 583 g/mol. The van der Waals surface area contributed by atoms with Crippen LogP contribution in [-0.2, 0) is 0 Å². The summed E-state index contributed by atoms with van der Waals surface area (Å²) in [6, 6.07) is 19.9. The van der Waals surface area contributed by atoms with Gasteiger partial charge in [0, 0.05) is 63.1 Å². The molecule has 0 unspecified atom stereocenters. The summed E-state index contributed by atoms with van der Waals surface area (Å²) < 4.78 is 16.1. The molecule has 2 fully saturated rings. The predicted molar refractivity (Wildman–Crippen MR) is 171 cm³/mol. The molecule has 2 aromatic heterocycles. The van der Waals surface area contributed by atoms with E-state index < -0.39 is 0 Å². The Hall–Kier alpha value is -4.02. The first-order valence-corrected chi connectivity index (χ1v) is 15.5. The van der Waals surface area contributed by atoms with Crippen molar-refractivity contribution in [3.63, 3.8) is 0 Å². The third kappa shape index (κ3) is 5.20. The van der Waals surface area contributed by atoms with Crippen LogP contribution in [0.5, 0.6) is 0 Å². The van der Waals surface area contributed by atoms with Gasteiger partial charge in [-0.2, -0.15) is 0 Å². The maximum Gasteiger partial charge on any atom is 0.210 e. The molecule has 5 aromatic rings. The van der Waals surface area contributed by atoms with Crippen LogP contribution in [0.4, 0.5) is 26.6 Å². The Morgan fingerprint density at radius 2 is 1.64 bits per heavy atom. The highest BCUT2D eigenvalue weighted by Gasteiger charge is 2.30. The fraction of sp³-hybridized carbons (Fsp3) is 0.344. The van der Waals surface area contributed by atoms with Gasteiger partial charge in [-0.1, -0.05) is 18.3 Å². The second kappa shape index (κ2) is 11.0. The smallest absolute Gasteiger partial charge is 0.210 e. The topological polar surface area (TPSA) is 65.3 Å². The van der Waals surface area contributed by atoms with Gasteiger partial charge in [-0.15, -0.1) is 10.2 Å². The van der Waals surface area contributed by atoms with Crippen molar-refractivity contribution < 1.29 is 4.39 Å². The van der Waals surface area contributed by atoms with Crippen molar-refractivity contribution in [1.29, 1.82) is 0 Å². The SMILES string of the molecule is CCN1CCN(c2cc3c(cc2Nc2nnc(-c4ccc(N(C)C)cc4)s2)nc(-c2ccc(F)cc2)n3C2CC2)CC1. The molecule has 0 amide bonds. The van der Waals surface area contributed by atoms with Crippen LogP contribution < -0.4 is 15.1 Å². The zero-order valence-electron chi connectivity index (χ0n) is 24.2. The first-order chi connectivity index (χ1) is 20.5. The maximum atomic E-state index is 13.8. The van der Waals surface area contributed by atoms with Gasteiger partial charge >= 0.3 is 0 Å². The average Bonchev–Trinajstić information content (AvgIpc) is 3.63. The zero-order valence-corrected chi connectivity index (χ0v) is 25.0. The number of imidazole rings is 1. The molecule has 1 aliphatic heterocycles. The van der Waals surface area contributed by atoms with Crippen LogP contribution in [0.2, 0.25) is 0 Å². The molecule has 0 radical (unpaired) electrons. The van der Waals surface area contributed by atoms with E-state index in [0.717, 1.165) is 101 Å². The van der Waals surface area contributed by atoms with Gasteiger partial charge < -0.3 is 24.6 Å². The number of piperazine rings is 1. The van der Waals surface area contributed by atoms with Gasteiger partial charge in [0.15, 0.2) is 0 Å². The second-order valence-electron chi connectivity index (χ2n) is 11.3. The number of hydrogen-bond acceptors (Lipinski definition) is 8. The second-order valence-corrected chi connectivity index (χ2v) is 12.3. The number of fused-ring (bicyclic) bond motifs is 1. The molecule has 3 aromatic carbocycles. The molecule has 1 saturated heterocycles. The third-order valence-electron chi connectivity index (χ3n) is 8.28. The molecule has 1 saturated carbocycles. The Labute approximate surface area is 249 Å². The zero-order chi connectivity index (χ0) is 28.8. The molecule has 10 heteroatoms. The number of aromatic nitrogens is 4. The Kier molecular flexibility index (Phi) is 7.03. The van der Waals surface area contributed by atoms with Crippen molar-refractivity contribution in [2.45, 2.75) is 25.8 Å². The minimum absolute atomic E-state index is 0.238. The number of benzene rings is 3. The molecule has 1 N–H and O–H groups in total. The van der Waals surface area contributed by atoms with Crippen molar-refractivity contribution in [3.8, 4) is 22.0 Å². The summed E-state index contributed by atoms with van der Waals surface area (Å²) in [5.41, 5.74) is 7.29. The summed E-state index contributed by atoms with van der Waals surface area (Å²) in [5.74, 6) is 0.656. The molecule has 7 rings (SSSR count). The van der Waals surface area contributed by atoms with E-state index in [9.17, 15) is 4.39 Å². The molecule has 42 heavy (non-hydrogen) atoms. The highest BCUT2D eigenvalue weighted by molar-refractivity contribution is 7.18. The molecule has 1 aliphatic carbocycles. The molecule has 8 nitrogen and oxygen atoms in total. The summed E-state index contributed by atoms with van der Waals surface area (Å²) in [6.45, 7) is 7.26. The van der Waals surface area contributed by atoms with E-state index >= 15 is 0 Å². The molecule has 0 bridgehead atoms. The van der Waals surface area contributed by atoms with Crippen LogP contribution in [0, 0.1) is 5.82 Å². The van der Waals surface area contributed by atoms with Crippen LogP contribution in [0.25, 0.3) is 33.0 Å². The number of anilines is 4. The third-order valence-corrected chi connectivity index (χ3v) is 9.17. The van der Waals surface area contributed by atoms with Gasteiger partial charge in [-0.05, 0) is 80.1 Å². The summed E-state index contributed by atoms with van der Waals surface area (Å²) in [7, 11) is 4.07. The fourth-order valence-corrected chi connectivity index (χ4v) is 6.47. The van der Waals surface area contributed by atoms with E-state index in [2.05, 4.69) is 78.1 Å². The Balaban J connectivity index is 1.28. The first kappa shape index (κ1) is 26.9. The number of halogens is 1. The van der Waals surface area contributed by atoms with Gasteiger partial charge in [0.25, 0.3) is 0 Å². The van der Waals surface area contributed by atoms with Crippen molar-refractivity contribution in [2.75, 3.05) is 61.9 Å². The molecule has 3 heterocycles. The molecule has 0 spiro atoms. The van der Waals surface area contributed by atoms with E-state index in [1.807, 2.05) is 26.2 Å². The Bertz CT molecular complexity index is 1700. The quantitative estimate of drug-likeness (QED) is 0.220. The van der Waals surface area contributed by atoms with Gasteiger partial charge in [0.1, 0.15) is 16.6 Å².